The highest BCUT2D eigenvalue weighted by molar-refractivity contribution is 8.01. The van der Waals surface area contributed by atoms with Gasteiger partial charge in [-0.25, -0.2) is 8.42 Å². The van der Waals surface area contributed by atoms with Gasteiger partial charge in [0, 0.05) is 18.8 Å². The maximum absolute atomic E-state index is 12.9. The van der Waals surface area contributed by atoms with Crippen molar-refractivity contribution >= 4 is 44.2 Å². The van der Waals surface area contributed by atoms with Gasteiger partial charge < -0.3 is 5.32 Å². The fourth-order valence-electron chi connectivity index (χ4n) is 2.89. The number of nitrogens with zero attached hydrogens (tertiary/aromatic N) is 3. The fraction of sp³-hybridized carbons (Fsp3) is 0.389. The minimum atomic E-state index is -3.61. The molecular formula is C18H22N4O3S3. The molecule has 10 heteroatoms. The lowest BCUT2D eigenvalue weighted by Gasteiger charge is -2.31. The number of sulfonamides is 1. The number of benzene rings is 1. The molecular weight excluding hydrogens is 416 g/mol. The van der Waals surface area contributed by atoms with E-state index in [0.29, 0.717) is 24.5 Å². The Labute approximate surface area is 173 Å². The molecule has 0 spiro atoms. The number of hydrogen-bond acceptors (Lipinski definition) is 7. The first kappa shape index (κ1) is 21.0. The van der Waals surface area contributed by atoms with Crippen molar-refractivity contribution in [2.75, 3.05) is 24.2 Å². The number of amides is 1. The topological polar surface area (TPSA) is 92.3 Å². The van der Waals surface area contributed by atoms with E-state index in [-0.39, 0.29) is 17.3 Å². The molecule has 7 nitrogen and oxygen atoms in total. The molecule has 0 bridgehead atoms. The highest BCUT2D eigenvalue weighted by Crippen LogP contribution is 2.28. The van der Waals surface area contributed by atoms with Gasteiger partial charge in [0.25, 0.3) is 0 Å². The lowest BCUT2D eigenvalue weighted by atomic mass is 9.99. The van der Waals surface area contributed by atoms with E-state index < -0.39 is 15.9 Å². The van der Waals surface area contributed by atoms with Crippen molar-refractivity contribution in [1.29, 1.82) is 0 Å². The van der Waals surface area contributed by atoms with Crippen LogP contribution in [0, 0.1) is 12.8 Å². The molecule has 2 aromatic rings. The average Bonchev–Trinajstić information content (AvgIpc) is 3.14. The van der Waals surface area contributed by atoms with Crippen LogP contribution in [0.5, 0.6) is 0 Å². The van der Waals surface area contributed by atoms with E-state index in [1.165, 1.54) is 27.4 Å². The van der Waals surface area contributed by atoms with E-state index in [2.05, 4.69) is 22.1 Å². The molecule has 1 N–H and O–H groups in total. The summed E-state index contributed by atoms with van der Waals surface area (Å²) in [5.41, 5.74) is 0.998. The number of hydrogen-bond donors (Lipinski definition) is 1. The molecule has 2 heterocycles. The van der Waals surface area contributed by atoms with Crippen molar-refractivity contribution in [1.82, 2.24) is 14.5 Å². The highest BCUT2D eigenvalue weighted by Gasteiger charge is 2.33. The largest absolute Gasteiger partial charge is 0.300 e. The number of aromatic nitrogens is 2. The Kier molecular flexibility index (Phi) is 6.86. The Morgan fingerprint density at radius 3 is 2.86 bits per heavy atom. The summed E-state index contributed by atoms with van der Waals surface area (Å²) in [7, 11) is -3.61. The normalized spacial score (nSPS) is 18.0. The van der Waals surface area contributed by atoms with Gasteiger partial charge in [-0.05, 0) is 31.9 Å². The van der Waals surface area contributed by atoms with Gasteiger partial charge in [0.15, 0.2) is 4.34 Å². The van der Waals surface area contributed by atoms with Crippen LogP contribution in [0.4, 0.5) is 5.13 Å². The van der Waals surface area contributed by atoms with Crippen LogP contribution >= 0.6 is 23.1 Å². The number of nitrogens with one attached hydrogen (secondary N) is 1. The fourth-order valence-corrected chi connectivity index (χ4v) is 5.93. The van der Waals surface area contributed by atoms with Crippen LogP contribution in [-0.4, -0.2) is 47.7 Å². The summed E-state index contributed by atoms with van der Waals surface area (Å²) in [6, 6.07) is 6.77. The standard InChI is InChI=1S/C18H22N4O3S3/c1-3-11-26-18-21-20-17(27-18)19-16(23)14-5-4-10-22(12-14)28(24,25)15-8-6-13(2)7-9-15/h3,6-9,14H,1,4-5,10-12H2,2H3,(H,19,20,23)/t14-/m1/s1. The lowest BCUT2D eigenvalue weighted by molar-refractivity contribution is -0.120. The third kappa shape index (κ3) is 4.99. The Balaban J connectivity index is 1.65. The number of anilines is 1. The van der Waals surface area contributed by atoms with E-state index >= 15 is 0 Å². The van der Waals surface area contributed by atoms with Gasteiger partial charge in [0.2, 0.25) is 21.1 Å². The molecule has 0 unspecified atom stereocenters. The van der Waals surface area contributed by atoms with E-state index in [4.69, 9.17) is 0 Å². The van der Waals surface area contributed by atoms with Gasteiger partial charge in [-0.1, -0.05) is 46.9 Å². The molecule has 1 aliphatic heterocycles. The second kappa shape index (κ2) is 9.17. The first-order valence-electron chi connectivity index (χ1n) is 8.85. The van der Waals surface area contributed by atoms with Crippen molar-refractivity contribution < 1.29 is 13.2 Å². The van der Waals surface area contributed by atoms with Crippen LogP contribution in [-0.2, 0) is 14.8 Å². The zero-order chi connectivity index (χ0) is 20.1. The van der Waals surface area contributed by atoms with Crippen LogP contribution < -0.4 is 5.32 Å². The van der Waals surface area contributed by atoms with Gasteiger partial charge in [-0.15, -0.1) is 16.8 Å². The third-order valence-corrected chi connectivity index (χ3v) is 8.22. The van der Waals surface area contributed by atoms with Crippen LogP contribution in [0.15, 0.2) is 46.2 Å². The third-order valence-electron chi connectivity index (χ3n) is 4.37. The number of thioether (sulfide) groups is 1. The summed E-state index contributed by atoms with van der Waals surface area (Å²) in [4.78, 5) is 12.9. The van der Waals surface area contributed by atoms with Gasteiger partial charge >= 0.3 is 0 Å². The number of piperidine rings is 1. The van der Waals surface area contributed by atoms with E-state index in [9.17, 15) is 13.2 Å². The Bertz CT molecular complexity index is 941. The van der Waals surface area contributed by atoms with Crippen LogP contribution in [0.1, 0.15) is 18.4 Å². The molecule has 0 saturated carbocycles. The zero-order valence-electron chi connectivity index (χ0n) is 15.5. The molecule has 1 saturated heterocycles. The highest BCUT2D eigenvalue weighted by atomic mass is 32.2. The van der Waals surface area contributed by atoms with Gasteiger partial charge in [-0.3, -0.25) is 4.79 Å². The van der Waals surface area contributed by atoms with Crippen molar-refractivity contribution in [3.63, 3.8) is 0 Å². The van der Waals surface area contributed by atoms with Crippen molar-refractivity contribution in [2.24, 2.45) is 5.92 Å². The summed E-state index contributed by atoms with van der Waals surface area (Å²) in [6.07, 6.45) is 3.05. The van der Waals surface area contributed by atoms with Crippen molar-refractivity contribution in [3.05, 3.63) is 42.5 Å². The molecule has 28 heavy (non-hydrogen) atoms. The summed E-state index contributed by atoms with van der Waals surface area (Å²) in [6.45, 7) is 6.15. The van der Waals surface area contributed by atoms with Crippen molar-refractivity contribution in [3.8, 4) is 0 Å². The van der Waals surface area contributed by atoms with E-state index in [1.54, 1.807) is 30.3 Å². The number of aryl methyl sites for hydroxylation is 1. The number of carbonyl (C=O) groups excluding carboxylic acids is 1. The predicted molar refractivity (Wildman–Crippen MR) is 112 cm³/mol. The molecule has 1 aromatic carbocycles. The van der Waals surface area contributed by atoms with Crippen LogP contribution in [0.3, 0.4) is 0 Å². The molecule has 3 rings (SSSR count). The first-order chi connectivity index (χ1) is 13.4. The van der Waals surface area contributed by atoms with E-state index in [1.807, 2.05) is 6.92 Å². The minimum absolute atomic E-state index is 0.166. The molecule has 150 valence electrons. The molecule has 0 radical (unpaired) electrons. The quantitative estimate of drug-likeness (QED) is 0.406. The Morgan fingerprint density at radius 2 is 2.14 bits per heavy atom. The Morgan fingerprint density at radius 1 is 1.39 bits per heavy atom. The number of carbonyl (C=O) groups is 1. The lowest BCUT2D eigenvalue weighted by Crippen LogP contribution is -2.43. The second-order valence-electron chi connectivity index (χ2n) is 6.48. The smallest absolute Gasteiger partial charge is 0.243 e. The van der Waals surface area contributed by atoms with Crippen molar-refractivity contribution in [2.45, 2.75) is 29.0 Å². The minimum Gasteiger partial charge on any atom is -0.300 e. The summed E-state index contributed by atoms with van der Waals surface area (Å²) in [5.74, 6) is 0.0826. The van der Waals surface area contributed by atoms with Crippen LogP contribution in [0.2, 0.25) is 0 Å². The summed E-state index contributed by atoms with van der Waals surface area (Å²) < 4.78 is 27.9. The average molecular weight is 439 g/mol. The second-order valence-corrected chi connectivity index (χ2v) is 10.7. The first-order valence-corrected chi connectivity index (χ1v) is 12.1. The number of rotatable bonds is 7. The summed E-state index contributed by atoms with van der Waals surface area (Å²) >= 11 is 2.79. The molecule has 1 amide bonds. The van der Waals surface area contributed by atoms with Gasteiger partial charge in [-0.2, -0.15) is 4.31 Å². The van der Waals surface area contributed by atoms with Gasteiger partial charge in [0.05, 0.1) is 10.8 Å². The van der Waals surface area contributed by atoms with Gasteiger partial charge in [0.1, 0.15) is 0 Å². The Hall–Kier alpha value is -1.75. The predicted octanol–water partition coefficient (Wildman–Crippen LogP) is 3.16. The maximum Gasteiger partial charge on any atom is 0.243 e. The molecule has 1 fully saturated rings. The molecule has 1 atom stereocenters. The SMILES string of the molecule is C=CCSc1nnc(NC(=O)[C@@H]2CCCN(S(=O)(=O)c3ccc(C)cc3)C2)s1. The summed E-state index contributed by atoms with van der Waals surface area (Å²) in [5, 5.41) is 11.2. The molecule has 1 aromatic heterocycles. The maximum atomic E-state index is 12.9. The zero-order valence-corrected chi connectivity index (χ0v) is 17.9. The molecule has 1 aliphatic rings. The monoisotopic (exact) mass is 438 g/mol. The molecule has 0 aliphatic carbocycles. The van der Waals surface area contributed by atoms with E-state index in [0.717, 1.165) is 15.7 Å². The van der Waals surface area contributed by atoms with Crippen LogP contribution in [0.25, 0.3) is 0 Å².